The van der Waals surface area contributed by atoms with Gasteiger partial charge >= 0.3 is 0 Å². The van der Waals surface area contributed by atoms with Crippen molar-refractivity contribution in [2.45, 2.75) is 4.34 Å². The third kappa shape index (κ3) is 4.16. The summed E-state index contributed by atoms with van der Waals surface area (Å²) in [6, 6.07) is 8.74. The van der Waals surface area contributed by atoms with Gasteiger partial charge in [0.1, 0.15) is 0 Å². The molecule has 2 aromatic heterocycles. The summed E-state index contributed by atoms with van der Waals surface area (Å²) < 4.78 is 1.90. The first kappa shape index (κ1) is 19.2. The second kappa shape index (κ2) is 7.69. The number of thioether (sulfide) groups is 1. The number of nitrogens with zero attached hydrogens (tertiary/aromatic N) is 4. The fourth-order valence-electron chi connectivity index (χ4n) is 2.43. The molecule has 0 atom stereocenters. The quantitative estimate of drug-likeness (QED) is 0.259. The molecule has 0 bridgehead atoms. The lowest BCUT2D eigenvalue weighted by atomic mass is 10.3. The van der Waals surface area contributed by atoms with E-state index in [1.54, 1.807) is 6.07 Å². The van der Waals surface area contributed by atoms with E-state index >= 15 is 0 Å². The van der Waals surface area contributed by atoms with E-state index in [0.29, 0.717) is 29.9 Å². The number of nitro benzene ring substituents is 2. The Kier molecular flexibility index (Phi) is 5.08. The van der Waals surface area contributed by atoms with Gasteiger partial charge in [-0.05, 0) is 12.1 Å². The predicted octanol–water partition coefficient (Wildman–Crippen LogP) is 4.45. The van der Waals surface area contributed by atoms with Crippen LogP contribution in [0.1, 0.15) is 0 Å². The molecule has 146 valence electrons. The molecule has 10 nitrogen and oxygen atoms in total. The Labute approximate surface area is 173 Å². The molecule has 4 aromatic rings. The smallest absolute Gasteiger partial charge is 0.270 e. The van der Waals surface area contributed by atoms with Crippen molar-refractivity contribution >= 4 is 77.3 Å². The van der Waals surface area contributed by atoms with E-state index < -0.39 is 9.85 Å². The zero-order valence-electron chi connectivity index (χ0n) is 14.2. The van der Waals surface area contributed by atoms with Gasteiger partial charge in [0.2, 0.25) is 5.91 Å². The van der Waals surface area contributed by atoms with E-state index in [-0.39, 0.29) is 23.0 Å². The molecule has 0 aliphatic carbocycles. The highest BCUT2D eigenvalue weighted by molar-refractivity contribution is 8.01. The van der Waals surface area contributed by atoms with Crippen LogP contribution in [0, 0.1) is 20.2 Å². The Bertz CT molecular complexity index is 1280. The second-order valence-electron chi connectivity index (χ2n) is 5.65. The van der Waals surface area contributed by atoms with Crippen molar-refractivity contribution in [3.63, 3.8) is 0 Å². The van der Waals surface area contributed by atoms with Crippen molar-refractivity contribution in [2.75, 3.05) is 11.1 Å². The number of carbonyl (C=O) groups is 1. The minimum absolute atomic E-state index is 0.00786. The number of thiazole rings is 2. The Hall–Kier alpha value is -3.16. The number of rotatable bonds is 6. The average molecular weight is 447 g/mol. The zero-order chi connectivity index (χ0) is 20.5. The normalized spacial score (nSPS) is 11.0. The molecule has 0 saturated carbocycles. The number of aromatic nitrogens is 2. The van der Waals surface area contributed by atoms with Crippen LogP contribution in [0.25, 0.3) is 20.4 Å². The van der Waals surface area contributed by atoms with Crippen molar-refractivity contribution in [3.05, 3.63) is 56.6 Å². The number of hydrogen-bond donors (Lipinski definition) is 1. The first-order chi connectivity index (χ1) is 13.9. The maximum absolute atomic E-state index is 12.2. The van der Waals surface area contributed by atoms with Gasteiger partial charge in [0, 0.05) is 24.3 Å². The third-order valence-corrected chi connectivity index (χ3v) is 6.81. The number of carbonyl (C=O) groups excluding carboxylic acids is 1. The van der Waals surface area contributed by atoms with Crippen LogP contribution < -0.4 is 5.32 Å². The number of nitrogens with one attached hydrogen (secondary N) is 1. The average Bonchev–Trinajstić information content (AvgIpc) is 3.27. The zero-order valence-corrected chi connectivity index (χ0v) is 16.7. The number of amides is 1. The van der Waals surface area contributed by atoms with Gasteiger partial charge in [-0.1, -0.05) is 23.1 Å². The van der Waals surface area contributed by atoms with E-state index in [9.17, 15) is 25.0 Å². The molecule has 13 heteroatoms. The van der Waals surface area contributed by atoms with Crippen LogP contribution >= 0.6 is 34.4 Å². The Morgan fingerprint density at radius 3 is 2.17 bits per heavy atom. The monoisotopic (exact) mass is 447 g/mol. The lowest BCUT2D eigenvalue weighted by Crippen LogP contribution is -2.13. The molecule has 0 spiro atoms. The number of fused-ring (bicyclic) bond motifs is 2. The fourth-order valence-corrected chi connectivity index (χ4v) is 5.25. The van der Waals surface area contributed by atoms with E-state index in [2.05, 4.69) is 15.3 Å². The van der Waals surface area contributed by atoms with Gasteiger partial charge in [-0.15, -0.1) is 11.3 Å². The van der Waals surface area contributed by atoms with E-state index in [1.807, 2.05) is 0 Å². The molecule has 29 heavy (non-hydrogen) atoms. The number of hydrogen-bond acceptors (Lipinski definition) is 10. The minimum Gasteiger partial charge on any atom is -0.301 e. The van der Waals surface area contributed by atoms with Gasteiger partial charge in [-0.3, -0.25) is 25.0 Å². The largest absolute Gasteiger partial charge is 0.301 e. The number of nitro groups is 2. The summed E-state index contributed by atoms with van der Waals surface area (Å²) in [5.74, 6) is -0.216. The van der Waals surface area contributed by atoms with Crippen molar-refractivity contribution in [1.82, 2.24) is 9.97 Å². The molecule has 1 N–H and O–H groups in total. The second-order valence-corrected chi connectivity index (χ2v) is 8.94. The standard InChI is InChI=1S/C16H9N5O5S3/c22-14(19-15-17-10-3-1-8(20(23)24)5-12(10)28-15)7-27-16-18-11-4-2-9(21(25)26)6-13(11)29-16/h1-6H,7H2,(H,17,19,22). The number of benzene rings is 2. The molecule has 0 radical (unpaired) electrons. The summed E-state index contributed by atoms with van der Waals surface area (Å²) in [5.41, 5.74) is 1.16. The van der Waals surface area contributed by atoms with E-state index in [4.69, 9.17) is 0 Å². The van der Waals surface area contributed by atoms with Crippen LogP contribution in [0.2, 0.25) is 0 Å². The predicted molar refractivity (Wildman–Crippen MR) is 112 cm³/mol. The summed E-state index contributed by atoms with van der Waals surface area (Å²) in [5, 5.41) is 24.7. The van der Waals surface area contributed by atoms with Crippen LogP contribution in [-0.4, -0.2) is 31.5 Å². The number of anilines is 1. The first-order valence-electron chi connectivity index (χ1n) is 7.91. The molecule has 0 aliphatic heterocycles. The van der Waals surface area contributed by atoms with E-state index in [1.165, 1.54) is 53.4 Å². The van der Waals surface area contributed by atoms with Crippen LogP contribution in [0.15, 0.2) is 40.7 Å². The highest BCUT2D eigenvalue weighted by Gasteiger charge is 2.14. The van der Waals surface area contributed by atoms with E-state index in [0.717, 1.165) is 11.3 Å². The first-order valence-corrected chi connectivity index (χ1v) is 10.5. The van der Waals surface area contributed by atoms with Gasteiger partial charge in [0.25, 0.3) is 11.4 Å². The number of non-ortho nitro benzene ring substituents is 2. The molecule has 2 aromatic carbocycles. The highest BCUT2D eigenvalue weighted by atomic mass is 32.2. The molecular formula is C16H9N5O5S3. The van der Waals surface area contributed by atoms with Crippen molar-refractivity contribution in [1.29, 1.82) is 0 Å². The van der Waals surface area contributed by atoms with Crippen molar-refractivity contribution in [2.24, 2.45) is 0 Å². The lowest BCUT2D eigenvalue weighted by Gasteiger charge is -1.99. The van der Waals surface area contributed by atoms with Crippen LogP contribution in [-0.2, 0) is 4.79 Å². The van der Waals surface area contributed by atoms with Crippen LogP contribution in [0.4, 0.5) is 16.5 Å². The lowest BCUT2D eigenvalue weighted by molar-refractivity contribution is -0.384. The molecule has 0 fully saturated rings. The maximum Gasteiger partial charge on any atom is 0.270 e. The van der Waals surface area contributed by atoms with Gasteiger partial charge in [0.15, 0.2) is 9.47 Å². The summed E-state index contributed by atoms with van der Waals surface area (Å²) in [7, 11) is 0. The SMILES string of the molecule is O=C(CSc1nc2ccc([N+](=O)[O-])cc2s1)Nc1nc2ccc([N+](=O)[O-])cc2s1. The molecule has 2 heterocycles. The highest BCUT2D eigenvalue weighted by Crippen LogP contribution is 2.32. The summed E-state index contributed by atoms with van der Waals surface area (Å²) in [4.78, 5) is 41.6. The Morgan fingerprint density at radius 1 is 0.966 bits per heavy atom. The van der Waals surface area contributed by atoms with Gasteiger partial charge in [0.05, 0.1) is 36.0 Å². The van der Waals surface area contributed by atoms with Crippen LogP contribution in [0.5, 0.6) is 0 Å². The van der Waals surface area contributed by atoms with Crippen LogP contribution in [0.3, 0.4) is 0 Å². The van der Waals surface area contributed by atoms with Gasteiger partial charge in [-0.2, -0.15) is 0 Å². The molecule has 0 saturated heterocycles. The van der Waals surface area contributed by atoms with Crippen molar-refractivity contribution < 1.29 is 14.6 Å². The van der Waals surface area contributed by atoms with Crippen molar-refractivity contribution in [3.8, 4) is 0 Å². The molecule has 0 unspecified atom stereocenters. The molecular weight excluding hydrogens is 438 g/mol. The summed E-state index contributed by atoms with van der Waals surface area (Å²) in [6.07, 6.45) is 0. The molecule has 1 amide bonds. The Morgan fingerprint density at radius 2 is 1.55 bits per heavy atom. The summed E-state index contributed by atoms with van der Waals surface area (Å²) >= 11 is 3.64. The van der Waals surface area contributed by atoms with Gasteiger partial charge in [-0.25, -0.2) is 9.97 Å². The molecule has 4 rings (SSSR count). The topological polar surface area (TPSA) is 141 Å². The maximum atomic E-state index is 12.2. The summed E-state index contributed by atoms with van der Waals surface area (Å²) in [6.45, 7) is 0. The van der Waals surface area contributed by atoms with Gasteiger partial charge < -0.3 is 5.32 Å². The Balaban J connectivity index is 1.42. The molecule has 0 aliphatic rings. The third-order valence-electron chi connectivity index (χ3n) is 3.72. The minimum atomic E-state index is -0.485. The fraction of sp³-hybridized carbons (Fsp3) is 0.0625.